The number of aromatic nitrogens is 1. The zero-order valence-electron chi connectivity index (χ0n) is 12.0. The average Bonchev–Trinajstić information content (AvgIpc) is 2.87. The molecule has 0 fully saturated rings. The van der Waals surface area contributed by atoms with Gasteiger partial charge in [0.05, 0.1) is 7.11 Å². The Balaban J connectivity index is 1.73. The van der Waals surface area contributed by atoms with E-state index in [-0.39, 0.29) is 0 Å². The summed E-state index contributed by atoms with van der Waals surface area (Å²) in [5.74, 6) is 0.711. The van der Waals surface area contributed by atoms with Gasteiger partial charge in [-0.1, -0.05) is 29.8 Å². The van der Waals surface area contributed by atoms with Crippen molar-refractivity contribution in [3.8, 4) is 5.88 Å². The van der Waals surface area contributed by atoms with Crippen molar-refractivity contribution in [2.75, 3.05) is 7.11 Å². The maximum atomic E-state index is 5.30. The first-order chi connectivity index (χ1) is 9.78. The summed E-state index contributed by atoms with van der Waals surface area (Å²) >= 11 is 0. The van der Waals surface area contributed by atoms with Gasteiger partial charge >= 0.3 is 0 Å². The number of methoxy groups -OCH3 is 1. The van der Waals surface area contributed by atoms with E-state index < -0.39 is 0 Å². The van der Waals surface area contributed by atoms with E-state index in [2.05, 4.69) is 41.5 Å². The van der Waals surface area contributed by atoms with Crippen molar-refractivity contribution in [3.63, 3.8) is 0 Å². The Labute approximate surface area is 120 Å². The van der Waals surface area contributed by atoms with Crippen molar-refractivity contribution in [3.05, 3.63) is 58.8 Å². The highest BCUT2D eigenvalue weighted by molar-refractivity contribution is 5.38. The van der Waals surface area contributed by atoms with Crippen molar-refractivity contribution in [1.82, 2.24) is 10.3 Å². The molecule has 3 nitrogen and oxygen atoms in total. The Morgan fingerprint density at radius 3 is 3.10 bits per heavy atom. The normalized spacial score (nSPS) is 17.0. The lowest BCUT2D eigenvalue weighted by atomic mass is 10.0. The number of rotatable bonds is 4. The molecule has 3 heteroatoms. The summed E-state index contributed by atoms with van der Waals surface area (Å²) in [5.41, 5.74) is 5.37. The van der Waals surface area contributed by atoms with Gasteiger partial charge in [-0.05, 0) is 37.0 Å². The van der Waals surface area contributed by atoms with Gasteiger partial charge in [0.2, 0.25) is 5.88 Å². The van der Waals surface area contributed by atoms with Crippen LogP contribution in [0.5, 0.6) is 5.88 Å². The highest BCUT2D eigenvalue weighted by Crippen LogP contribution is 2.32. The molecule has 0 spiro atoms. The van der Waals surface area contributed by atoms with E-state index in [0.717, 1.165) is 18.5 Å². The Kier molecular flexibility index (Phi) is 3.70. The van der Waals surface area contributed by atoms with E-state index in [4.69, 9.17) is 4.74 Å². The Morgan fingerprint density at radius 2 is 2.25 bits per heavy atom. The number of aryl methyl sites for hydroxylation is 2. The van der Waals surface area contributed by atoms with E-state index in [9.17, 15) is 0 Å². The molecule has 3 rings (SSSR count). The summed E-state index contributed by atoms with van der Waals surface area (Å²) in [4.78, 5) is 4.24. The number of ether oxygens (including phenoxy) is 1. The van der Waals surface area contributed by atoms with Crippen LogP contribution in [0.25, 0.3) is 0 Å². The fourth-order valence-corrected chi connectivity index (χ4v) is 2.91. The van der Waals surface area contributed by atoms with Crippen LogP contribution in [-0.2, 0) is 13.0 Å². The molecule has 1 heterocycles. The molecule has 20 heavy (non-hydrogen) atoms. The minimum atomic E-state index is 0.440. The number of nitrogens with zero attached hydrogens (tertiary/aromatic N) is 1. The topological polar surface area (TPSA) is 34.1 Å². The lowest BCUT2D eigenvalue weighted by Gasteiger charge is -2.15. The second-order valence-electron chi connectivity index (χ2n) is 5.35. The van der Waals surface area contributed by atoms with Gasteiger partial charge in [0, 0.05) is 24.3 Å². The summed E-state index contributed by atoms with van der Waals surface area (Å²) in [6.45, 7) is 2.94. The van der Waals surface area contributed by atoms with E-state index in [1.807, 2.05) is 6.07 Å². The number of pyridine rings is 1. The largest absolute Gasteiger partial charge is 0.481 e. The number of fused-ring (bicyclic) bond motifs is 1. The van der Waals surface area contributed by atoms with Gasteiger partial charge in [-0.15, -0.1) is 0 Å². The molecule has 1 aromatic carbocycles. The van der Waals surface area contributed by atoms with Gasteiger partial charge in [-0.3, -0.25) is 0 Å². The van der Waals surface area contributed by atoms with Crippen molar-refractivity contribution < 1.29 is 4.74 Å². The summed E-state index contributed by atoms with van der Waals surface area (Å²) in [6.07, 6.45) is 4.09. The molecule has 1 aliphatic rings. The standard InChI is InChI=1S/C17H20N2O/c1-12-5-6-13-7-8-16(15(13)10-12)19-11-14-4-3-9-18-17(14)20-2/h3-6,9-10,16,19H,7-8,11H2,1-2H3. The molecule has 1 atom stereocenters. The molecule has 0 bridgehead atoms. The van der Waals surface area contributed by atoms with Crippen LogP contribution in [0.4, 0.5) is 0 Å². The van der Waals surface area contributed by atoms with Crippen LogP contribution in [0.3, 0.4) is 0 Å². The average molecular weight is 268 g/mol. The molecular weight excluding hydrogens is 248 g/mol. The number of benzene rings is 1. The van der Waals surface area contributed by atoms with Crippen LogP contribution in [0.1, 0.15) is 34.7 Å². The number of hydrogen-bond acceptors (Lipinski definition) is 3. The minimum Gasteiger partial charge on any atom is -0.481 e. The van der Waals surface area contributed by atoms with Gasteiger partial charge in [-0.2, -0.15) is 0 Å². The first-order valence-electron chi connectivity index (χ1n) is 7.08. The van der Waals surface area contributed by atoms with Crippen LogP contribution >= 0.6 is 0 Å². The van der Waals surface area contributed by atoms with Crippen molar-refractivity contribution >= 4 is 0 Å². The van der Waals surface area contributed by atoms with Gasteiger partial charge in [-0.25, -0.2) is 4.98 Å². The maximum absolute atomic E-state index is 5.30. The molecule has 0 aliphatic heterocycles. The lowest BCUT2D eigenvalue weighted by molar-refractivity contribution is 0.388. The van der Waals surface area contributed by atoms with Crippen molar-refractivity contribution in [2.45, 2.75) is 32.4 Å². The molecule has 0 radical (unpaired) electrons. The third-order valence-electron chi connectivity index (χ3n) is 3.96. The monoisotopic (exact) mass is 268 g/mol. The molecule has 0 saturated carbocycles. The van der Waals surface area contributed by atoms with Gasteiger partial charge < -0.3 is 10.1 Å². The molecule has 0 amide bonds. The molecule has 2 aromatic rings. The molecular formula is C17H20N2O. The van der Waals surface area contributed by atoms with Crippen molar-refractivity contribution in [2.24, 2.45) is 0 Å². The third kappa shape index (κ3) is 2.54. The van der Waals surface area contributed by atoms with Crippen LogP contribution in [0.2, 0.25) is 0 Å². The highest BCUT2D eigenvalue weighted by Gasteiger charge is 2.22. The quantitative estimate of drug-likeness (QED) is 0.924. The van der Waals surface area contributed by atoms with Gasteiger partial charge in [0.1, 0.15) is 0 Å². The Hall–Kier alpha value is -1.87. The fourth-order valence-electron chi connectivity index (χ4n) is 2.91. The Morgan fingerprint density at radius 1 is 1.35 bits per heavy atom. The predicted molar refractivity (Wildman–Crippen MR) is 79.9 cm³/mol. The number of nitrogens with one attached hydrogen (secondary N) is 1. The predicted octanol–water partition coefficient (Wildman–Crippen LogP) is 3.18. The van der Waals surface area contributed by atoms with E-state index in [0.29, 0.717) is 11.9 Å². The SMILES string of the molecule is COc1ncccc1CNC1CCc2ccc(C)cc21. The van der Waals surface area contributed by atoms with Crippen LogP contribution in [0.15, 0.2) is 36.5 Å². The zero-order valence-corrected chi connectivity index (χ0v) is 12.0. The van der Waals surface area contributed by atoms with Gasteiger partial charge in [0.15, 0.2) is 0 Å². The summed E-state index contributed by atoms with van der Waals surface area (Å²) < 4.78 is 5.30. The van der Waals surface area contributed by atoms with Crippen LogP contribution in [0, 0.1) is 6.92 Å². The third-order valence-corrected chi connectivity index (χ3v) is 3.96. The van der Waals surface area contributed by atoms with E-state index in [1.165, 1.54) is 23.1 Å². The molecule has 0 saturated heterocycles. The molecule has 1 N–H and O–H groups in total. The smallest absolute Gasteiger partial charge is 0.217 e. The molecule has 1 aliphatic carbocycles. The molecule has 1 aromatic heterocycles. The number of hydrogen-bond donors (Lipinski definition) is 1. The van der Waals surface area contributed by atoms with E-state index in [1.54, 1.807) is 13.3 Å². The summed E-state index contributed by atoms with van der Waals surface area (Å²) in [6, 6.07) is 11.2. The lowest BCUT2D eigenvalue weighted by Crippen LogP contribution is -2.19. The summed E-state index contributed by atoms with van der Waals surface area (Å²) in [5, 5.41) is 3.64. The zero-order chi connectivity index (χ0) is 13.9. The Bertz CT molecular complexity index is 610. The van der Waals surface area contributed by atoms with Crippen LogP contribution in [-0.4, -0.2) is 12.1 Å². The highest BCUT2D eigenvalue weighted by atomic mass is 16.5. The van der Waals surface area contributed by atoms with Crippen LogP contribution < -0.4 is 10.1 Å². The summed E-state index contributed by atoms with van der Waals surface area (Å²) in [7, 11) is 1.67. The first-order valence-corrected chi connectivity index (χ1v) is 7.08. The fraction of sp³-hybridized carbons (Fsp3) is 0.353. The minimum absolute atomic E-state index is 0.440. The maximum Gasteiger partial charge on any atom is 0.217 e. The van der Waals surface area contributed by atoms with E-state index >= 15 is 0 Å². The first kappa shape index (κ1) is 13.1. The van der Waals surface area contributed by atoms with Gasteiger partial charge in [0.25, 0.3) is 0 Å². The second kappa shape index (κ2) is 5.63. The van der Waals surface area contributed by atoms with Crippen molar-refractivity contribution in [1.29, 1.82) is 0 Å². The molecule has 104 valence electrons. The second-order valence-corrected chi connectivity index (χ2v) is 5.35. The molecule has 1 unspecified atom stereocenters.